The molecule has 19 heavy (non-hydrogen) atoms. The van der Waals surface area contributed by atoms with E-state index in [-0.39, 0.29) is 0 Å². The van der Waals surface area contributed by atoms with Gasteiger partial charge in [0.15, 0.2) is 0 Å². The Labute approximate surface area is 117 Å². The number of fused-ring (bicyclic) bond motifs is 1. The maximum absolute atomic E-state index is 4.68. The summed E-state index contributed by atoms with van der Waals surface area (Å²) in [5, 5.41) is 6.83. The second kappa shape index (κ2) is 5.11. The second-order valence-electron chi connectivity index (χ2n) is 4.62. The van der Waals surface area contributed by atoms with Gasteiger partial charge in [0.05, 0.1) is 5.69 Å². The van der Waals surface area contributed by atoms with E-state index < -0.39 is 0 Å². The van der Waals surface area contributed by atoms with Crippen LogP contribution in [0.1, 0.15) is 10.6 Å². The van der Waals surface area contributed by atoms with Gasteiger partial charge in [-0.3, -0.25) is 0 Å². The minimum absolute atomic E-state index is 0.886. The Morgan fingerprint density at radius 2 is 1.89 bits per heavy atom. The summed E-state index contributed by atoms with van der Waals surface area (Å²) in [5.41, 5.74) is 2.33. The summed E-state index contributed by atoms with van der Waals surface area (Å²) in [5.74, 6) is 0. The number of hydrogen-bond donors (Lipinski definition) is 1. The summed E-state index contributed by atoms with van der Waals surface area (Å²) in [7, 11) is 1.97. The summed E-state index contributed by atoms with van der Waals surface area (Å²) in [6.07, 6.45) is 0. The highest BCUT2D eigenvalue weighted by atomic mass is 32.1. The van der Waals surface area contributed by atoms with Crippen molar-refractivity contribution in [3.8, 4) is 10.6 Å². The molecule has 0 amide bonds. The highest BCUT2D eigenvalue weighted by molar-refractivity contribution is 7.15. The van der Waals surface area contributed by atoms with Crippen molar-refractivity contribution in [1.82, 2.24) is 10.3 Å². The Kier molecular flexibility index (Phi) is 3.32. The van der Waals surface area contributed by atoms with Crippen LogP contribution in [0.25, 0.3) is 21.3 Å². The Bertz CT molecular complexity index is 716. The summed E-state index contributed by atoms with van der Waals surface area (Å²) in [4.78, 5) is 6.00. The van der Waals surface area contributed by atoms with Crippen LogP contribution in [0.4, 0.5) is 0 Å². The van der Waals surface area contributed by atoms with E-state index in [4.69, 9.17) is 0 Å². The van der Waals surface area contributed by atoms with Gasteiger partial charge in [0, 0.05) is 17.0 Å². The van der Waals surface area contributed by atoms with Crippen molar-refractivity contribution in [3.05, 3.63) is 53.0 Å². The van der Waals surface area contributed by atoms with Gasteiger partial charge in [-0.25, -0.2) is 4.98 Å². The summed E-state index contributed by atoms with van der Waals surface area (Å²) >= 11 is 1.77. The third-order valence-corrected chi connectivity index (χ3v) is 4.43. The monoisotopic (exact) mass is 268 g/mol. The van der Waals surface area contributed by atoms with E-state index in [1.807, 2.05) is 7.05 Å². The van der Waals surface area contributed by atoms with Gasteiger partial charge in [0.2, 0.25) is 0 Å². The van der Waals surface area contributed by atoms with E-state index in [9.17, 15) is 0 Å². The van der Waals surface area contributed by atoms with Crippen molar-refractivity contribution in [2.24, 2.45) is 0 Å². The number of nitrogens with one attached hydrogen (secondary N) is 1. The van der Waals surface area contributed by atoms with Crippen LogP contribution in [0.15, 0.2) is 42.5 Å². The van der Waals surface area contributed by atoms with E-state index in [0.717, 1.165) is 17.2 Å². The molecule has 0 saturated carbocycles. The first-order chi connectivity index (χ1) is 9.28. The highest BCUT2D eigenvalue weighted by Gasteiger charge is 2.09. The topological polar surface area (TPSA) is 24.9 Å². The van der Waals surface area contributed by atoms with Crippen LogP contribution in [0.5, 0.6) is 0 Å². The minimum atomic E-state index is 0.886. The minimum Gasteiger partial charge on any atom is -0.315 e. The molecule has 3 rings (SSSR count). The summed E-state index contributed by atoms with van der Waals surface area (Å²) < 4.78 is 0. The Morgan fingerprint density at radius 3 is 2.68 bits per heavy atom. The van der Waals surface area contributed by atoms with Gasteiger partial charge in [-0.05, 0) is 30.8 Å². The number of thiazole rings is 1. The third kappa shape index (κ3) is 2.39. The van der Waals surface area contributed by atoms with Crippen molar-refractivity contribution >= 4 is 22.1 Å². The van der Waals surface area contributed by atoms with Crippen molar-refractivity contribution in [2.75, 3.05) is 7.05 Å². The average molecular weight is 268 g/mol. The Morgan fingerprint density at radius 1 is 1.11 bits per heavy atom. The van der Waals surface area contributed by atoms with E-state index in [1.165, 1.54) is 21.2 Å². The molecular formula is C16H16N2S. The van der Waals surface area contributed by atoms with Crippen LogP contribution >= 0.6 is 11.3 Å². The lowest BCUT2D eigenvalue weighted by molar-refractivity contribution is 0.823. The zero-order chi connectivity index (χ0) is 13.2. The standard InChI is InChI=1S/C16H16N2S/c1-11-15(10-17-2)19-16(18-11)14-8-7-12-5-3-4-6-13(12)9-14/h3-9,17H,10H2,1-2H3. The molecule has 0 atom stereocenters. The molecule has 0 radical (unpaired) electrons. The molecule has 0 aliphatic rings. The zero-order valence-corrected chi connectivity index (χ0v) is 11.9. The van der Waals surface area contributed by atoms with Crippen LogP contribution < -0.4 is 5.32 Å². The Balaban J connectivity index is 2.06. The van der Waals surface area contributed by atoms with Crippen molar-refractivity contribution in [2.45, 2.75) is 13.5 Å². The van der Waals surface area contributed by atoms with Gasteiger partial charge in [-0.2, -0.15) is 0 Å². The molecule has 0 bridgehead atoms. The molecule has 0 unspecified atom stereocenters. The molecule has 0 saturated heterocycles. The second-order valence-corrected chi connectivity index (χ2v) is 5.70. The number of rotatable bonds is 3. The molecule has 1 heterocycles. The van der Waals surface area contributed by atoms with Crippen molar-refractivity contribution in [3.63, 3.8) is 0 Å². The molecule has 2 aromatic carbocycles. The fraction of sp³-hybridized carbons (Fsp3) is 0.188. The maximum atomic E-state index is 4.68. The maximum Gasteiger partial charge on any atom is 0.123 e. The fourth-order valence-electron chi connectivity index (χ4n) is 2.20. The molecule has 3 aromatic rings. The third-order valence-electron chi connectivity index (χ3n) is 3.23. The molecule has 0 fully saturated rings. The molecule has 0 aliphatic carbocycles. The molecule has 2 nitrogen and oxygen atoms in total. The highest BCUT2D eigenvalue weighted by Crippen LogP contribution is 2.30. The SMILES string of the molecule is CNCc1sc(-c2ccc3ccccc3c2)nc1C. The van der Waals surface area contributed by atoms with E-state index in [0.29, 0.717) is 0 Å². The number of aromatic nitrogens is 1. The molecule has 0 spiro atoms. The van der Waals surface area contributed by atoms with Crippen LogP contribution in [0.2, 0.25) is 0 Å². The van der Waals surface area contributed by atoms with Gasteiger partial charge in [0.1, 0.15) is 5.01 Å². The average Bonchev–Trinajstić information content (AvgIpc) is 2.80. The number of nitrogens with zero attached hydrogens (tertiary/aromatic N) is 1. The molecule has 3 heteroatoms. The smallest absolute Gasteiger partial charge is 0.123 e. The van der Waals surface area contributed by atoms with Crippen LogP contribution in [-0.4, -0.2) is 12.0 Å². The lowest BCUT2D eigenvalue weighted by atomic mass is 10.1. The van der Waals surface area contributed by atoms with Crippen LogP contribution in [0, 0.1) is 6.92 Å². The summed E-state index contributed by atoms with van der Waals surface area (Å²) in [6, 6.07) is 15.0. The van der Waals surface area contributed by atoms with Crippen molar-refractivity contribution < 1.29 is 0 Å². The number of benzene rings is 2. The van der Waals surface area contributed by atoms with E-state index in [2.05, 4.69) is 59.7 Å². The first kappa shape index (κ1) is 12.3. The first-order valence-corrected chi connectivity index (χ1v) is 7.19. The van der Waals surface area contributed by atoms with Crippen molar-refractivity contribution in [1.29, 1.82) is 0 Å². The molecule has 0 aliphatic heterocycles. The zero-order valence-electron chi connectivity index (χ0n) is 11.1. The summed E-state index contributed by atoms with van der Waals surface area (Å²) in [6.45, 7) is 2.96. The van der Waals surface area contributed by atoms with Gasteiger partial charge in [0.25, 0.3) is 0 Å². The van der Waals surface area contributed by atoms with Gasteiger partial charge in [-0.1, -0.05) is 36.4 Å². The number of hydrogen-bond acceptors (Lipinski definition) is 3. The quantitative estimate of drug-likeness (QED) is 0.777. The largest absolute Gasteiger partial charge is 0.315 e. The normalized spacial score (nSPS) is 11.1. The molecule has 1 aromatic heterocycles. The molecule has 96 valence electrons. The van der Waals surface area contributed by atoms with Gasteiger partial charge < -0.3 is 5.32 Å². The fourth-order valence-corrected chi connectivity index (χ4v) is 3.27. The molecular weight excluding hydrogens is 252 g/mol. The van der Waals surface area contributed by atoms with Gasteiger partial charge in [-0.15, -0.1) is 11.3 Å². The Hall–Kier alpha value is -1.71. The first-order valence-electron chi connectivity index (χ1n) is 6.38. The van der Waals surface area contributed by atoms with Crippen LogP contribution in [-0.2, 0) is 6.54 Å². The van der Waals surface area contributed by atoms with E-state index >= 15 is 0 Å². The predicted molar refractivity (Wildman–Crippen MR) is 82.6 cm³/mol. The lowest BCUT2D eigenvalue weighted by Crippen LogP contribution is -2.04. The lowest BCUT2D eigenvalue weighted by Gasteiger charge is -2.00. The predicted octanol–water partition coefficient (Wildman–Crippen LogP) is 3.99. The van der Waals surface area contributed by atoms with E-state index in [1.54, 1.807) is 11.3 Å². The van der Waals surface area contributed by atoms with Gasteiger partial charge >= 0.3 is 0 Å². The molecule has 1 N–H and O–H groups in total. The number of aryl methyl sites for hydroxylation is 1. The van der Waals surface area contributed by atoms with Crippen LogP contribution in [0.3, 0.4) is 0 Å².